The molecule has 0 aromatic heterocycles. The molecule has 0 saturated heterocycles. The molecule has 5 unspecified atom stereocenters. The molecule has 12 heteroatoms. The molecule has 0 heterocycles. The van der Waals surface area contributed by atoms with Crippen molar-refractivity contribution in [2.24, 2.45) is 11.7 Å². The number of carboxylic acid groups (broad SMARTS) is 1. The lowest BCUT2D eigenvalue weighted by Gasteiger charge is -2.28. The van der Waals surface area contributed by atoms with E-state index in [1.54, 1.807) is 11.8 Å². The van der Waals surface area contributed by atoms with E-state index in [4.69, 9.17) is 5.73 Å². The maximum atomic E-state index is 13.1. The summed E-state index contributed by atoms with van der Waals surface area (Å²) in [7, 11) is 0. The zero-order valence-corrected chi connectivity index (χ0v) is 22.7. The van der Waals surface area contributed by atoms with Gasteiger partial charge in [-0.3, -0.25) is 14.4 Å². The molecule has 0 rings (SSSR count). The zero-order chi connectivity index (χ0) is 25.4. The molecule has 0 aliphatic rings. The van der Waals surface area contributed by atoms with Crippen molar-refractivity contribution in [2.75, 3.05) is 36.0 Å². The largest absolute Gasteiger partial charge is 0.480 e. The number of carbonyl (C=O) groups is 4. The van der Waals surface area contributed by atoms with E-state index in [0.29, 0.717) is 30.8 Å². The van der Waals surface area contributed by atoms with Gasteiger partial charge in [0.25, 0.3) is 0 Å². The highest BCUT2D eigenvalue weighted by atomic mass is 32.2. The number of hydrogen-bond donors (Lipinski definition) is 5. The molecule has 5 atom stereocenters. The van der Waals surface area contributed by atoms with E-state index in [1.165, 1.54) is 23.5 Å². The summed E-state index contributed by atoms with van der Waals surface area (Å²) in [6.07, 6.45) is 7.41. The van der Waals surface area contributed by atoms with E-state index in [0.717, 1.165) is 5.75 Å². The fraction of sp³-hybridized carbons (Fsp3) is 0.810. The summed E-state index contributed by atoms with van der Waals surface area (Å²) in [6.45, 7) is 3.75. The summed E-state index contributed by atoms with van der Waals surface area (Å²) >= 11 is 4.59. The molecule has 0 aromatic carbocycles. The van der Waals surface area contributed by atoms with Gasteiger partial charge in [-0.15, -0.1) is 0 Å². The van der Waals surface area contributed by atoms with Crippen LogP contribution in [-0.4, -0.2) is 89.0 Å². The lowest BCUT2D eigenvalue weighted by molar-refractivity contribution is -0.142. The quantitative estimate of drug-likeness (QED) is 0.178. The lowest BCUT2D eigenvalue weighted by Crippen LogP contribution is -2.58. The van der Waals surface area contributed by atoms with Crippen LogP contribution in [0.1, 0.15) is 39.5 Å². The second kappa shape index (κ2) is 18.2. The van der Waals surface area contributed by atoms with E-state index in [-0.39, 0.29) is 12.3 Å². The minimum absolute atomic E-state index is 0.181. The second-order valence-corrected chi connectivity index (χ2v) is 10.7. The van der Waals surface area contributed by atoms with Crippen molar-refractivity contribution in [3.05, 3.63) is 0 Å². The lowest BCUT2D eigenvalue weighted by atomic mass is 9.97. The maximum absolute atomic E-state index is 13.1. The SMILES string of the molecule is CCC(C)C(NC(=O)C(N)CCSC)C(=O)NC(CCSC)C(=O)NC(CCSC)C(=O)O. The molecule has 9 nitrogen and oxygen atoms in total. The van der Waals surface area contributed by atoms with Crippen LogP contribution in [0.15, 0.2) is 0 Å². The van der Waals surface area contributed by atoms with Crippen LogP contribution in [0, 0.1) is 5.92 Å². The Hall–Kier alpha value is -1.11. The van der Waals surface area contributed by atoms with Gasteiger partial charge >= 0.3 is 5.97 Å². The van der Waals surface area contributed by atoms with Gasteiger partial charge in [0.2, 0.25) is 17.7 Å². The Morgan fingerprint density at radius 1 is 0.788 bits per heavy atom. The smallest absolute Gasteiger partial charge is 0.326 e. The molecular weight excluding hydrogens is 484 g/mol. The number of nitrogens with two attached hydrogens (primary N) is 1. The van der Waals surface area contributed by atoms with Crippen LogP contribution in [0.25, 0.3) is 0 Å². The summed E-state index contributed by atoms with van der Waals surface area (Å²) in [5.74, 6) is -0.816. The van der Waals surface area contributed by atoms with E-state index in [1.807, 2.05) is 32.6 Å². The van der Waals surface area contributed by atoms with Crippen LogP contribution in [0.4, 0.5) is 0 Å². The van der Waals surface area contributed by atoms with Crippen LogP contribution < -0.4 is 21.7 Å². The topological polar surface area (TPSA) is 151 Å². The average molecular weight is 525 g/mol. The summed E-state index contributed by atoms with van der Waals surface area (Å²) in [6, 6.07) is -3.51. The monoisotopic (exact) mass is 524 g/mol. The normalized spacial score (nSPS) is 15.6. The molecule has 192 valence electrons. The molecule has 0 aliphatic heterocycles. The third-order valence-corrected chi connectivity index (χ3v) is 7.16. The first-order valence-corrected chi connectivity index (χ1v) is 15.2. The third-order valence-electron chi connectivity index (χ3n) is 5.23. The molecule has 0 aromatic rings. The molecule has 33 heavy (non-hydrogen) atoms. The number of carbonyl (C=O) groups excluding carboxylic acids is 3. The van der Waals surface area contributed by atoms with Gasteiger partial charge in [-0.05, 0) is 61.2 Å². The average Bonchev–Trinajstić information content (AvgIpc) is 2.79. The first-order valence-electron chi connectivity index (χ1n) is 11.0. The summed E-state index contributed by atoms with van der Waals surface area (Å²) in [4.78, 5) is 50.0. The van der Waals surface area contributed by atoms with E-state index in [9.17, 15) is 24.3 Å². The van der Waals surface area contributed by atoms with Gasteiger partial charge in [0.1, 0.15) is 18.1 Å². The first kappa shape index (κ1) is 31.9. The predicted molar refractivity (Wildman–Crippen MR) is 140 cm³/mol. The van der Waals surface area contributed by atoms with E-state index in [2.05, 4.69) is 16.0 Å². The van der Waals surface area contributed by atoms with Crippen molar-refractivity contribution in [3.63, 3.8) is 0 Å². The first-order chi connectivity index (χ1) is 15.6. The van der Waals surface area contributed by atoms with Gasteiger partial charge in [0, 0.05) is 0 Å². The Bertz CT molecular complexity index is 627. The van der Waals surface area contributed by atoms with Gasteiger partial charge in [-0.1, -0.05) is 20.3 Å². The van der Waals surface area contributed by atoms with Crippen LogP contribution in [0.5, 0.6) is 0 Å². The summed E-state index contributed by atoms with van der Waals surface area (Å²) in [5.41, 5.74) is 5.95. The molecule has 6 N–H and O–H groups in total. The number of hydrogen-bond acceptors (Lipinski definition) is 8. The van der Waals surface area contributed by atoms with E-state index >= 15 is 0 Å². The number of aliphatic carboxylic acids is 1. The van der Waals surface area contributed by atoms with Gasteiger partial charge in [0.15, 0.2) is 0 Å². The van der Waals surface area contributed by atoms with Crippen LogP contribution in [0.3, 0.4) is 0 Å². The molecular formula is C21H40N4O5S3. The van der Waals surface area contributed by atoms with Crippen molar-refractivity contribution in [3.8, 4) is 0 Å². The van der Waals surface area contributed by atoms with Gasteiger partial charge < -0.3 is 26.8 Å². The Labute approximate surface area is 210 Å². The molecule has 0 spiro atoms. The second-order valence-electron chi connectivity index (χ2n) is 7.78. The van der Waals surface area contributed by atoms with Crippen LogP contribution in [0.2, 0.25) is 0 Å². The summed E-state index contributed by atoms with van der Waals surface area (Å²) < 4.78 is 0. The van der Waals surface area contributed by atoms with E-state index < -0.39 is 47.9 Å². The number of rotatable bonds is 18. The number of carboxylic acids is 1. The predicted octanol–water partition coefficient (Wildman–Crippen LogP) is 1.16. The van der Waals surface area contributed by atoms with Gasteiger partial charge in [-0.2, -0.15) is 35.3 Å². The van der Waals surface area contributed by atoms with Crippen molar-refractivity contribution in [1.29, 1.82) is 0 Å². The highest BCUT2D eigenvalue weighted by Gasteiger charge is 2.32. The summed E-state index contributed by atoms with van der Waals surface area (Å²) in [5, 5.41) is 17.4. The minimum atomic E-state index is -1.11. The maximum Gasteiger partial charge on any atom is 0.326 e. The highest BCUT2D eigenvalue weighted by molar-refractivity contribution is 7.98. The third kappa shape index (κ3) is 12.8. The minimum Gasteiger partial charge on any atom is -0.480 e. The van der Waals surface area contributed by atoms with Crippen LogP contribution >= 0.6 is 35.3 Å². The van der Waals surface area contributed by atoms with Gasteiger partial charge in [-0.25, -0.2) is 4.79 Å². The Morgan fingerprint density at radius 2 is 1.27 bits per heavy atom. The Morgan fingerprint density at radius 3 is 1.76 bits per heavy atom. The van der Waals surface area contributed by atoms with Crippen molar-refractivity contribution in [2.45, 2.75) is 63.7 Å². The Kier molecular flexibility index (Phi) is 17.6. The standard InChI is InChI=1S/C21H40N4O5S3/c1-6-13(2)17(25-18(26)14(22)7-10-31-3)20(28)23-15(8-11-32-4)19(27)24-16(21(29)30)9-12-33-5/h13-17H,6-12,22H2,1-5H3,(H,23,28)(H,24,27)(H,25,26)(H,29,30). The molecule has 0 fully saturated rings. The fourth-order valence-electron chi connectivity index (χ4n) is 2.87. The van der Waals surface area contributed by atoms with Gasteiger partial charge in [0.05, 0.1) is 6.04 Å². The number of amides is 3. The van der Waals surface area contributed by atoms with Crippen molar-refractivity contribution >= 4 is 59.0 Å². The number of thioether (sulfide) groups is 3. The Balaban J connectivity index is 5.42. The molecule has 0 saturated carbocycles. The van der Waals surface area contributed by atoms with Crippen LogP contribution in [-0.2, 0) is 19.2 Å². The van der Waals surface area contributed by atoms with Crippen molar-refractivity contribution < 1.29 is 24.3 Å². The molecule has 3 amide bonds. The van der Waals surface area contributed by atoms with Crippen molar-refractivity contribution in [1.82, 2.24) is 16.0 Å². The fourth-order valence-corrected chi connectivity index (χ4v) is 4.30. The molecule has 0 bridgehead atoms. The zero-order valence-electron chi connectivity index (χ0n) is 20.2. The number of nitrogens with one attached hydrogen (secondary N) is 3. The molecule has 0 radical (unpaired) electrons. The molecule has 0 aliphatic carbocycles. The highest BCUT2D eigenvalue weighted by Crippen LogP contribution is 2.11.